The van der Waals surface area contributed by atoms with Crippen LogP contribution in [0.25, 0.3) is 0 Å². The highest BCUT2D eigenvalue weighted by Gasteiger charge is 2.08. The Balaban J connectivity index is 2.33. The van der Waals surface area contributed by atoms with Gasteiger partial charge >= 0.3 is 5.97 Å². The predicted molar refractivity (Wildman–Crippen MR) is 73.4 cm³/mol. The Bertz CT molecular complexity index is 695. The SMILES string of the molecule is Cc1cc(=O)n(Cc2ccc(C(=O)O)cc2Br)cn1. The van der Waals surface area contributed by atoms with Crippen LogP contribution in [0, 0.1) is 6.92 Å². The summed E-state index contributed by atoms with van der Waals surface area (Å²) in [5.74, 6) is -0.985. The van der Waals surface area contributed by atoms with Crippen LogP contribution in [-0.4, -0.2) is 20.6 Å². The van der Waals surface area contributed by atoms with E-state index in [2.05, 4.69) is 20.9 Å². The number of benzene rings is 1. The number of aromatic nitrogens is 2. The number of aryl methyl sites for hydroxylation is 1. The Morgan fingerprint density at radius 2 is 2.16 bits per heavy atom. The molecule has 0 unspecified atom stereocenters. The van der Waals surface area contributed by atoms with Crippen molar-refractivity contribution < 1.29 is 9.90 Å². The molecule has 0 aliphatic heterocycles. The van der Waals surface area contributed by atoms with Crippen LogP contribution in [0.1, 0.15) is 21.6 Å². The molecule has 2 aromatic rings. The third-order valence-corrected chi connectivity index (χ3v) is 3.40. The Labute approximate surface area is 117 Å². The summed E-state index contributed by atoms with van der Waals surface area (Å²) >= 11 is 3.31. The van der Waals surface area contributed by atoms with Crippen LogP contribution in [0.2, 0.25) is 0 Å². The molecule has 1 aromatic carbocycles. The molecule has 5 nitrogen and oxygen atoms in total. The number of carbonyl (C=O) groups is 1. The zero-order chi connectivity index (χ0) is 14.0. The maximum absolute atomic E-state index is 11.7. The molecule has 2 rings (SSSR count). The molecule has 0 atom stereocenters. The molecule has 0 saturated carbocycles. The number of carboxylic acids is 1. The number of halogens is 1. The highest BCUT2D eigenvalue weighted by Crippen LogP contribution is 2.19. The molecule has 0 aliphatic rings. The first kappa shape index (κ1) is 13.5. The quantitative estimate of drug-likeness (QED) is 0.938. The van der Waals surface area contributed by atoms with E-state index >= 15 is 0 Å². The van der Waals surface area contributed by atoms with Crippen molar-refractivity contribution in [3.05, 3.63) is 62.2 Å². The molecule has 0 amide bonds. The minimum Gasteiger partial charge on any atom is -0.478 e. The van der Waals surface area contributed by atoms with E-state index in [1.807, 2.05) is 0 Å². The van der Waals surface area contributed by atoms with Gasteiger partial charge in [-0.15, -0.1) is 0 Å². The highest BCUT2D eigenvalue weighted by atomic mass is 79.9. The fourth-order valence-electron chi connectivity index (χ4n) is 1.63. The van der Waals surface area contributed by atoms with Gasteiger partial charge in [-0.2, -0.15) is 0 Å². The number of hydrogen-bond donors (Lipinski definition) is 1. The molecule has 19 heavy (non-hydrogen) atoms. The molecule has 0 radical (unpaired) electrons. The van der Waals surface area contributed by atoms with Crippen LogP contribution >= 0.6 is 15.9 Å². The van der Waals surface area contributed by atoms with E-state index in [1.54, 1.807) is 13.0 Å². The summed E-state index contributed by atoms with van der Waals surface area (Å²) in [4.78, 5) is 26.6. The lowest BCUT2D eigenvalue weighted by Gasteiger charge is -2.08. The van der Waals surface area contributed by atoms with Gasteiger partial charge in [-0.1, -0.05) is 22.0 Å². The molecule has 0 aliphatic carbocycles. The third-order valence-electron chi connectivity index (χ3n) is 2.66. The van der Waals surface area contributed by atoms with Crippen molar-refractivity contribution >= 4 is 21.9 Å². The van der Waals surface area contributed by atoms with Crippen molar-refractivity contribution in [3.63, 3.8) is 0 Å². The molecule has 0 saturated heterocycles. The molecule has 1 heterocycles. The van der Waals surface area contributed by atoms with Crippen molar-refractivity contribution in [3.8, 4) is 0 Å². The van der Waals surface area contributed by atoms with Crippen molar-refractivity contribution in [2.24, 2.45) is 0 Å². The summed E-state index contributed by atoms with van der Waals surface area (Å²) < 4.78 is 2.12. The highest BCUT2D eigenvalue weighted by molar-refractivity contribution is 9.10. The van der Waals surface area contributed by atoms with Gasteiger partial charge in [0, 0.05) is 16.2 Å². The number of rotatable bonds is 3. The second-order valence-corrected chi connectivity index (χ2v) is 4.96. The summed E-state index contributed by atoms with van der Waals surface area (Å²) in [5.41, 5.74) is 1.55. The molecule has 0 bridgehead atoms. The zero-order valence-electron chi connectivity index (χ0n) is 10.1. The summed E-state index contributed by atoms with van der Waals surface area (Å²) in [5, 5.41) is 8.88. The van der Waals surface area contributed by atoms with Crippen LogP contribution in [0.4, 0.5) is 0 Å². The van der Waals surface area contributed by atoms with Gasteiger partial charge < -0.3 is 5.11 Å². The van der Waals surface area contributed by atoms with Gasteiger partial charge in [-0.25, -0.2) is 9.78 Å². The first-order valence-electron chi connectivity index (χ1n) is 5.52. The van der Waals surface area contributed by atoms with Gasteiger partial charge in [0.2, 0.25) is 0 Å². The smallest absolute Gasteiger partial charge is 0.335 e. The van der Waals surface area contributed by atoms with Crippen LogP contribution in [0.3, 0.4) is 0 Å². The Kier molecular flexibility index (Phi) is 3.80. The zero-order valence-corrected chi connectivity index (χ0v) is 11.7. The van der Waals surface area contributed by atoms with E-state index < -0.39 is 5.97 Å². The number of nitrogens with zero attached hydrogens (tertiary/aromatic N) is 2. The van der Waals surface area contributed by atoms with Gasteiger partial charge in [0.25, 0.3) is 5.56 Å². The Morgan fingerprint density at radius 3 is 2.74 bits per heavy atom. The molecular formula is C13H11BrN2O3. The molecule has 0 fully saturated rings. The van der Waals surface area contributed by atoms with Crippen LogP contribution < -0.4 is 5.56 Å². The topological polar surface area (TPSA) is 72.2 Å². The summed E-state index contributed by atoms with van der Waals surface area (Å²) in [6, 6.07) is 6.17. The number of aromatic carboxylic acids is 1. The van der Waals surface area contributed by atoms with Crippen molar-refractivity contribution in [2.45, 2.75) is 13.5 Å². The van der Waals surface area contributed by atoms with E-state index in [0.29, 0.717) is 16.7 Å². The second kappa shape index (κ2) is 5.36. The Morgan fingerprint density at radius 1 is 1.42 bits per heavy atom. The van der Waals surface area contributed by atoms with Crippen LogP contribution in [0.5, 0.6) is 0 Å². The van der Waals surface area contributed by atoms with Crippen molar-refractivity contribution in [2.75, 3.05) is 0 Å². The lowest BCUT2D eigenvalue weighted by molar-refractivity contribution is 0.0697. The van der Waals surface area contributed by atoms with E-state index in [0.717, 1.165) is 5.56 Å². The van der Waals surface area contributed by atoms with Gasteiger partial charge in [0.1, 0.15) is 0 Å². The Hall–Kier alpha value is -1.95. The van der Waals surface area contributed by atoms with Gasteiger partial charge in [-0.05, 0) is 24.6 Å². The maximum atomic E-state index is 11.7. The van der Waals surface area contributed by atoms with E-state index in [9.17, 15) is 9.59 Å². The van der Waals surface area contributed by atoms with Gasteiger partial charge in [0.15, 0.2) is 0 Å². The molecule has 0 spiro atoms. The minimum absolute atomic E-state index is 0.137. The lowest BCUT2D eigenvalue weighted by Crippen LogP contribution is -2.20. The largest absolute Gasteiger partial charge is 0.478 e. The normalized spacial score (nSPS) is 10.4. The van der Waals surface area contributed by atoms with E-state index in [1.165, 1.54) is 29.1 Å². The van der Waals surface area contributed by atoms with Gasteiger partial charge in [0.05, 0.1) is 18.4 Å². The summed E-state index contributed by atoms with van der Waals surface area (Å²) in [6.07, 6.45) is 1.48. The average Bonchev–Trinajstić information content (AvgIpc) is 2.34. The van der Waals surface area contributed by atoms with Crippen molar-refractivity contribution in [1.82, 2.24) is 9.55 Å². The summed E-state index contributed by atoms with van der Waals surface area (Å²) in [6.45, 7) is 2.09. The molecule has 1 N–H and O–H groups in total. The van der Waals surface area contributed by atoms with E-state index in [-0.39, 0.29) is 11.1 Å². The number of hydrogen-bond acceptors (Lipinski definition) is 3. The molecule has 6 heteroatoms. The van der Waals surface area contributed by atoms with Gasteiger partial charge in [-0.3, -0.25) is 9.36 Å². The lowest BCUT2D eigenvalue weighted by atomic mass is 10.1. The van der Waals surface area contributed by atoms with Crippen LogP contribution in [0.15, 0.2) is 39.9 Å². The fraction of sp³-hybridized carbons (Fsp3) is 0.154. The van der Waals surface area contributed by atoms with E-state index in [4.69, 9.17) is 5.11 Å². The first-order chi connectivity index (χ1) is 8.97. The molecule has 98 valence electrons. The fourth-order valence-corrected chi connectivity index (χ4v) is 2.13. The number of carboxylic acid groups (broad SMARTS) is 1. The predicted octanol–water partition coefficient (Wildman–Crippen LogP) is 2.06. The third kappa shape index (κ3) is 3.08. The second-order valence-electron chi connectivity index (χ2n) is 4.11. The summed E-state index contributed by atoms with van der Waals surface area (Å²) in [7, 11) is 0. The first-order valence-corrected chi connectivity index (χ1v) is 6.31. The maximum Gasteiger partial charge on any atom is 0.335 e. The minimum atomic E-state index is -0.985. The molecule has 1 aromatic heterocycles. The van der Waals surface area contributed by atoms with Crippen LogP contribution in [-0.2, 0) is 6.54 Å². The standard InChI is InChI=1S/C13H11BrN2O3/c1-8-4-12(17)16(7-15-8)6-10-3-2-9(13(18)19)5-11(10)14/h2-5,7H,6H2,1H3,(H,18,19). The average molecular weight is 323 g/mol. The molecular weight excluding hydrogens is 312 g/mol. The monoisotopic (exact) mass is 322 g/mol. The van der Waals surface area contributed by atoms with Crippen molar-refractivity contribution in [1.29, 1.82) is 0 Å².